The molecule has 4 nitrogen and oxygen atoms in total. The number of aliphatic hydroxyl groups excluding tert-OH is 1. The third-order valence-corrected chi connectivity index (χ3v) is 7.12. The molecule has 218 valence electrons. The van der Waals surface area contributed by atoms with Crippen molar-refractivity contribution in [2.75, 3.05) is 39.6 Å². The van der Waals surface area contributed by atoms with Crippen LogP contribution in [0.1, 0.15) is 162 Å². The van der Waals surface area contributed by atoms with Crippen molar-refractivity contribution in [3.05, 3.63) is 0 Å². The topological polar surface area (TPSA) is 47.9 Å². The third-order valence-electron chi connectivity index (χ3n) is 7.12. The van der Waals surface area contributed by atoms with Crippen molar-refractivity contribution < 1.29 is 19.3 Å². The highest BCUT2D eigenvalue weighted by Gasteiger charge is 2.07. The summed E-state index contributed by atoms with van der Waals surface area (Å²) in [7, 11) is 0. The zero-order valence-electron chi connectivity index (χ0n) is 24.8. The van der Waals surface area contributed by atoms with Gasteiger partial charge in [0.2, 0.25) is 0 Å². The molecule has 1 atom stereocenters. The maximum Gasteiger partial charge on any atom is 0.104 e. The van der Waals surface area contributed by atoms with Crippen LogP contribution in [-0.2, 0) is 14.2 Å². The Labute approximate surface area is 226 Å². The van der Waals surface area contributed by atoms with E-state index in [1.807, 2.05) is 0 Å². The highest BCUT2D eigenvalue weighted by atomic mass is 16.6. The number of aliphatic hydroxyl groups is 1. The first kappa shape index (κ1) is 35.8. The Morgan fingerprint density at radius 2 is 0.778 bits per heavy atom. The van der Waals surface area contributed by atoms with Crippen molar-refractivity contribution in [1.82, 2.24) is 0 Å². The van der Waals surface area contributed by atoms with E-state index < -0.39 is 0 Å². The van der Waals surface area contributed by atoms with E-state index in [0.29, 0.717) is 19.8 Å². The molecule has 0 bridgehead atoms. The van der Waals surface area contributed by atoms with Crippen LogP contribution in [0.2, 0.25) is 0 Å². The van der Waals surface area contributed by atoms with Gasteiger partial charge in [-0.05, 0) is 12.8 Å². The first-order valence-corrected chi connectivity index (χ1v) is 16.2. The van der Waals surface area contributed by atoms with E-state index in [0.717, 1.165) is 26.1 Å². The van der Waals surface area contributed by atoms with Crippen LogP contribution >= 0.6 is 0 Å². The number of rotatable bonds is 32. The first-order chi connectivity index (χ1) is 17.8. The molecule has 0 saturated carbocycles. The van der Waals surface area contributed by atoms with Crippen molar-refractivity contribution in [2.24, 2.45) is 0 Å². The van der Waals surface area contributed by atoms with Gasteiger partial charge < -0.3 is 19.3 Å². The Kier molecular flexibility index (Phi) is 32.7. The first-order valence-electron chi connectivity index (χ1n) is 16.2. The minimum atomic E-state index is -0.229. The minimum Gasteiger partial charge on any atom is -0.394 e. The zero-order valence-corrected chi connectivity index (χ0v) is 24.8. The zero-order chi connectivity index (χ0) is 26.2. The van der Waals surface area contributed by atoms with Crippen LogP contribution in [-0.4, -0.2) is 50.9 Å². The lowest BCUT2D eigenvalue weighted by atomic mass is 10.1. The molecule has 0 aromatic rings. The van der Waals surface area contributed by atoms with Crippen molar-refractivity contribution in [3.8, 4) is 0 Å². The van der Waals surface area contributed by atoms with Crippen molar-refractivity contribution in [1.29, 1.82) is 0 Å². The summed E-state index contributed by atoms with van der Waals surface area (Å²) in [6.07, 6.45) is 30.9. The van der Waals surface area contributed by atoms with E-state index in [4.69, 9.17) is 14.2 Å². The van der Waals surface area contributed by atoms with E-state index in [1.165, 1.54) is 135 Å². The van der Waals surface area contributed by atoms with Gasteiger partial charge in [-0.15, -0.1) is 0 Å². The second kappa shape index (κ2) is 32.9. The quantitative estimate of drug-likeness (QED) is 0.0908. The molecule has 0 aromatic carbocycles. The molecule has 0 amide bonds. The summed E-state index contributed by atoms with van der Waals surface area (Å²) in [5, 5.41) is 9.50. The van der Waals surface area contributed by atoms with E-state index in [9.17, 15) is 5.11 Å². The molecule has 0 radical (unpaired) electrons. The molecule has 0 aliphatic heterocycles. The fourth-order valence-electron chi connectivity index (χ4n) is 4.66. The van der Waals surface area contributed by atoms with Gasteiger partial charge in [-0.1, -0.05) is 149 Å². The fourth-order valence-corrected chi connectivity index (χ4v) is 4.66. The van der Waals surface area contributed by atoms with Gasteiger partial charge in [0.1, 0.15) is 6.10 Å². The van der Waals surface area contributed by atoms with Crippen LogP contribution in [0.25, 0.3) is 0 Å². The monoisotopic (exact) mass is 514 g/mol. The summed E-state index contributed by atoms with van der Waals surface area (Å²) in [6, 6.07) is 0. The van der Waals surface area contributed by atoms with Gasteiger partial charge >= 0.3 is 0 Å². The van der Waals surface area contributed by atoms with Crippen molar-refractivity contribution in [2.45, 2.75) is 168 Å². The average Bonchev–Trinajstić information content (AvgIpc) is 2.89. The summed E-state index contributed by atoms with van der Waals surface area (Å²) < 4.78 is 17.1. The maximum atomic E-state index is 9.50. The molecule has 0 aliphatic rings. The molecule has 0 rings (SSSR count). The van der Waals surface area contributed by atoms with Gasteiger partial charge in [-0.25, -0.2) is 0 Å². The highest BCUT2D eigenvalue weighted by Crippen LogP contribution is 2.13. The third kappa shape index (κ3) is 30.1. The number of hydrogen-bond donors (Lipinski definition) is 1. The SMILES string of the molecule is CCCCCCCCCCCCCCOCCOC(CO)COCCCCCCCCCCCCC. The molecule has 0 saturated heterocycles. The lowest BCUT2D eigenvalue weighted by molar-refractivity contribution is -0.0593. The second-order valence-corrected chi connectivity index (χ2v) is 10.8. The van der Waals surface area contributed by atoms with E-state index in [1.54, 1.807) is 0 Å². The number of ether oxygens (including phenoxy) is 3. The summed E-state index contributed by atoms with van der Waals surface area (Å²) in [5.74, 6) is 0. The van der Waals surface area contributed by atoms with Crippen LogP contribution in [0.4, 0.5) is 0 Å². The summed E-state index contributed by atoms with van der Waals surface area (Å²) in [5.41, 5.74) is 0. The van der Waals surface area contributed by atoms with Gasteiger partial charge in [0.05, 0.1) is 26.4 Å². The molecule has 0 aliphatic carbocycles. The minimum absolute atomic E-state index is 0.0109. The molecule has 0 aromatic heterocycles. The Balaban J connectivity index is 3.25. The maximum absolute atomic E-state index is 9.50. The van der Waals surface area contributed by atoms with Gasteiger partial charge in [-0.2, -0.15) is 0 Å². The van der Waals surface area contributed by atoms with Crippen molar-refractivity contribution >= 4 is 0 Å². The molecule has 36 heavy (non-hydrogen) atoms. The summed E-state index contributed by atoms with van der Waals surface area (Å²) >= 11 is 0. The number of hydrogen-bond acceptors (Lipinski definition) is 4. The van der Waals surface area contributed by atoms with Crippen LogP contribution in [0.15, 0.2) is 0 Å². The predicted molar refractivity (Wildman–Crippen MR) is 156 cm³/mol. The standard InChI is InChI=1S/C32H66O4/c1-3-5-7-9-11-13-15-17-18-20-22-24-26-34-28-29-36-32(30-33)31-35-27-25-23-21-19-16-14-12-10-8-6-4-2/h32-33H,3-31H2,1-2H3. The fraction of sp³-hybridized carbons (Fsp3) is 1.00. The molecule has 4 heteroatoms. The van der Waals surface area contributed by atoms with Crippen LogP contribution in [0.5, 0.6) is 0 Å². The molecule has 0 fully saturated rings. The lowest BCUT2D eigenvalue weighted by Crippen LogP contribution is -2.26. The van der Waals surface area contributed by atoms with E-state index in [-0.39, 0.29) is 12.7 Å². The van der Waals surface area contributed by atoms with Crippen molar-refractivity contribution in [3.63, 3.8) is 0 Å². The second-order valence-electron chi connectivity index (χ2n) is 10.8. The van der Waals surface area contributed by atoms with E-state index in [2.05, 4.69) is 13.8 Å². The molecule has 0 spiro atoms. The van der Waals surface area contributed by atoms with Crippen LogP contribution in [0, 0.1) is 0 Å². The van der Waals surface area contributed by atoms with Gasteiger partial charge in [0.25, 0.3) is 0 Å². The Hall–Kier alpha value is -0.160. The molecular weight excluding hydrogens is 448 g/mol. The lowest BCUT2D eigenvalue weighted by Gasteiger charge is -2.16. The van der Waals surface area contributed by atoms with Gasteiger partial charge in [-0.3, -0.25) is 0 Å². The smallest absolute Gasteiger partial charge is 0.104 e. The van der Waals surface area contributed by atoms with Gasteiger partial charge in [0, 0.05) is 13.2 Å². The highest BCUT2D eigenvalue weighted by molar-refractivity contribution is 4.55. The van der Waals surface area contributed by atoms with Crippen LogP contribution in [0.3, 0.4) is 0 Å². The average molecular weight is 515 g/mol. The summed E-state index contributed by atoms with van der Waals surface area (Å²) in [6.45, 7) is 7.77. The van der Waals surface area contributed by atoms with Gasteiger partial charge in [0.15, 0.2) is 0 Å². The molecule has 1 N–H and O–H groups in total. The summed E-state index contributed by atoms with van der Waals surface area (Å²) in [4.78, 5) is 0. The predicted octanol–water partition coefficient (Wildman–Crippen LogP) is 9.41. The number of unbranched alkanes of at least 4 members (excludes halogenated alkanes) is 21. The Morgan fingerprint density at radius 3 is 1.17 bits per heavy atom. The Morgan fingerprint density at radius 1 is 0.417 bits per heavy atom. The molecule has 0 heterocycles. The van der Waals surface area contributed by atoms with E-state index >= 15 is 0 Å². The Bertz CT molecular complexity index is 377. The molecule has 1 unspecified atom stereocenters. The normalized spacial score (nSPS) is 12.4. The molecular formula is C32H66O4. The van der Waals surface area contributed by atoms with Crippen LogP contribution < -0.4 is 0 Å². The largest absolute Gasteiger partial charge is 0.394 e.